The van der Waals surface area contributed by atoms with E-state index in [1.54, 1.807) is 0 Å². The Morgan fingerprint density at radius 2 is 1.06 bits per heavy atom. The molecule has 0 saturated carbocycles. The summed E-state index contributed by atoms with van der Waals surface area (Å²) in [7, 11) is 0.00849. The Bertz CT molecular complexity index is 116. The van der Waals surface area contributed by atoms with Gasteiger partial charge in [0.25, 0.3) is 0 Å². The number of rotatable bonds is 0. The highest BCUT2D eigenvalue weighted by Crippen LogP contribution is 2.01. The topological polar surface area (TPSA) is 57.4 Å². The Morgan fingerprint density at radius 1 is 0.611 bits per heavy atom. The van der Waals surface area contributed by atoms with Gasteiger partial charge < -0.3 is 25.7 Å². The molecule has 0 aliphatic carbocycles. The van der Waals surface area contributed by atoms with E-state index in [4.69, 9.17) is 4.43 Å². The Kier molecular flexibility index (Phi) is 12.0. The van der Waals surface area contributed by atoms with E-state index in [2.05, 4.69) is 21.3 Å². The van der Waals surface area contributed by atoms with Crippen molar-refractivity contribution in [3.63, 3.8) is 0 Å². The molecule has 2 fully saturated rings. The van der Waals surface area contributed by atoms with Gasteiger partial charge in [-0.15, -0.1) is 0 Å². The summed E-state index contributed by atoms with van der Waals surface area (Å²) >= 11 is 0. The third-order valence-corrected chi connectivity index (χ3v) is 4.36. The van der Waals surface area contributed by atoms with Crippen LogP contribution in [0.2, 0.25) is 6.04 Å². The minimum Gasteiger partial charge on any atom is -0.424 e. The molecule has 5 nitrogen and oxygen atoms in total. The molecule has 2 aliphatic rings. The highest BCUT2D eigenvalue weighted by molar-refractivity contribution is 6.27. The lowest BCUT2D eigenvalue weighted by molar-refractivity contribution is 0.304. The van der Waals surface area contributed by atoms with Crippen LogP contribution in [0.4, 0.5) is 0 Å². The fourth-order valence-electron chi connectivity index (χ4n) is 1.89. The van der Waals surface area contributed by atoms with Gasteiger partial charge in [-0.05, 0) is 12.5 Å². The summed E-state index contributed by atoms with van der Waals surface area (Å²) in [4.78, 5) is 0. The Hall–Kier alpha value is 0.0169. The first-order valence-electron chi connectivity index (χ1n) is 7.41. The first-order chi connectivity index (χ1) is 9.00. The van der Waals surface area contributed by atoms with E-state index in [0.717, 1.165) is 59.0 Å². The monoisotopic (exact) mass is 274 g/mol. The molecule has 0 aromatic carbocycles. The van der Waals surface area contributed by atoms with Crippen LogP contribution in [0.1, 0.15) is 12.8 Å². The molecule has 0 unspecified atom stereocenters. The summed E-state index contributed by atoms with van der Waals surface area (Å²) < 4.78 is 5.21. The molecule has 0 spiro atoms. The van der Waals surface area contributed by atoms with E-state index >= 15 is 0 Å². The lowest BCUT2D eigenvalue weighted by atomic mass is 10.4. The predicted octanol–water partition coefficient (Wildman–Crippen LogP) is -1.34. The van der Waals surface area contributed by atoms with E-state index in [1.807, 2.05) is 0 Å². The maximum atomic E-state index is 5.21. The van der Waals surface area contributed by atoms with Gasteiger partial charge in [-0.2, -0.15) is 0 Å². The zero-order valence-electron chi connectivity index (χ0n) is 11.6. The highest BCUT2D eigenvalue weighted by Gasteiger charge is 1.96. The van der Waals surface area contributed by atoms with E-state index < -0.39 is 0 Å². The summed E-state index contributed by atoms with van der Waals surface area (Å²) in [5, 5.41) is 13.4. The zero-order chi connectivity index (χ0) is 12.7. The molecule has 6 heteroatoms. The molecule has 0 atom stereocenters. The lowest BCUT2D eigenvalue weighted by Gasteiger charge is -2.11. The fraction of sp³-hybridized carbons (Fsp3) is 1.00. The number of nitrogens with one attached hydrogen (secondary N) is 4. The van der Waals surface area contributed by atoms with Crippen molar-refractivity contribution >= 4 is 9.76 Å². The summed E-state index contributed by atoms with van der Waals surface area (Å²) in [6, 6.07) is 1.42. The van der Waals surface area contributed by atoms with Gasteiger partial charge in [0.1, 0.15) is 0 Å². The van der Waals surface area contributed by atoms with Gasteiger partial charge in [-0.3, -0.25) is 0 Å². The van der Waals surface area contributed by atoms with Gasteiger partial charge in [0.15, 0.2) is 9.76 Å². The van der Waals surface area contributed by atoms with Crippen LogP contribution in [0.25, 0.3) is 0 Å². The van der Waals surface area contributed by atoms with Crippen LogP contribution in [-0.4, -0.2) is 68.7 Å². The van der Waals surface area contributed by atoms with Crippen molar-refractivity contribution in [1.82, 2.24) is 21.3 Å². The second-order valence-corrected chi connectivity index (χ2v) is 6.20. The number of hydrogen-bond donors (Lipinski definition) is 4. The SMILES string of the molecule is C1CC[SiH2]OC1.C1CNCCNCCNCCN1. The largest absolute Gasteiger partial charge is 0.424 e. The molecule has 108 valence electrons. The number of hydrogen-bond acceptors (Lipinski definition) is 5. The Morgan fingerprint density at radius 3 is 1.22 bits per heavy atom. The van der Waals surface area contributed by atoms with Crippen molar-refractivity contribution < 1.29 is 4.43 Å². The van der Waals surface area contributed by atoms with Crippen molar-refractivity contribution in [1.29, 1.82) is 0 Å². The smallest absolute Gasteiger partial charge is 0.161 e. The van der Waals surface area contributed by atoms with E-state index in [9.17, 15) is 0 Å². The van der Waals surface area contributed by atoms with Crippen molar-refractivity contribution in [2.24, 2.45) is 0 Å². The van der Waals surface area contributed by atoms with Crippen LogP contribution in [0.5, 0.6) is 0 Å². The fourth-order valence-corrected chi connectivity index (χ4v) is 3.06. The van der Waals surface area contributed by atoms with Crippen molar-refractivity contribution in [2.75, 3.05) is 59.0 Å². The first-order valence-corrected chi connectivity index (χ1v) is 8.98. The van der Waals surface area contributed by atoms with Crippen LogP contribution in [-0.2, 0) is 4.43 Å². The molecule has 0 bridgehead atoms. The minimum absolute atomic E-state index is 0.00849. The molecular weight excluding hydrogens is 244 g/mol. The van der Waals surface area contributed by atoms with Gasteiger partial charge in [-0.25, -0.2) is 0 Å². The van der Waals surface area contributed by atoms with E-state index in [0.29, 0.717) is 0 Å². The maximum absolute atomic E-state index is 5.21. The molecule has 2 rings (SSSR count). The third-order valence-electron chi connectivity index (χ3n) is 2.99. The molecule has 0 amide bonds. The summed E-state index contributed by atoms with van der Waals surface area (Å²) in [5.41, 5.74) is 0. The first kappa shape index (κ1) is 16.1. The predicted molar refractivity (Wildman–Crippen MR) is 80.0 cm³/mol. The molecule has 0 radical (unpaired) electrons. The van der Waals surface area contributed by atoms with Crippen molar-refractivity contribution in [3.8, 4) is 0 Å². The molecule has 2 saturated heterocycles. The lowest BCUT2D eigenvalue weighted by Crippen LogP contribution is -2.39. The summed E-state index contributed by atoms with van der Waals surface area (Å²) in [6.07, 6.45) is 2.75. The van der Waals surface area contributed by atoms with Gasteiger partial charge in [-0.1, -0.05) is 6.42 Å². The molecule has 0 aromatic rings. The molecular formula is C12H30N4OSi. The zero-order valence-corrected chi connectivity index (χ0v) is 13.0. The van der Waals surface area contributed by atoms with Gasteiger partial charge >= 0.3 is 0 Å². The van der Waals surface area contributed by atoms with Crippen LogP contribution >= 0.6 is 0 Å². The molecule has 0 aromatic heterocycles. The standard InChI is InChI=1S/C8H20N4.C4H10OSi/c1-2-10-5-6-12-8-7-11-4-3-9-1;1-2-4-6-5-3-1/h9-12H,1-8H2;1-4,6H2. The van der Waals surface area contributed by atoms with Gasteiger partial charge in [0.2, 0.25) is 0 Å². The normalized spacial score (nSPS) is 25.3. The van der Waals surface area contributed by atoms with Crippen LogP contribution in [0, 0.1) is 0 Å². The molecule has 2 aliphatic heterocycles. The Balaban J connectivity index is 0.000000225. The maximum Gasteiger partial charge on any atom is 0.161 e. The van der Waals surface area contributed by atoms with Gasteiger partial charge in [0.05, 0.1) is 0 Å². The summed E-state index contributed by atoms with van der Waals surface area (Å²) in [5.74, 6) is 0. The van der Waals surface area contributed by atoms with Crippen LogP contribution in [0.3, 0.4) is 0 Å². The quantitative estimate of drug-likeness (QED) is 0.412. The van der Waals surface area contributed by atoms with E-state index in [1.165, 1.54) is 18.9 Å². The third kappa shape index (κ3) is 11.1. The van der Waals surface area contributed by atoms with E-state index in [-0.39, 0.29) is 9.76 Å². The second kappa shape index (κ2) is 13.4. The summed E-state index contributed by atoms with van der Waals surface area (Å²) in [6.45, 7) is 9.63. The minimum atomic E-state index is 0.00849. The average Bonchev–Trinajstić information content (AvgIpc) is 2.42. The van der Waals surface area contributed by atoms with Crippen LogP contribution < -0.4 is 21.3 Å². The van der Waals surface area contributed by atoms with Gasteiger partial charge in [0, 0.05) is 59.0 Å². The van der Waals surface area contributed by atoms with Crippen molar-refractivity contribution in [3.05, 3.63) is 0 Å². The molecule has 4 N–H and O–H groups in total. The van der Waals surface area contributed by atoms with Crippen molar-refractivity contribution in [2.45, 2.75) is 18.9 Å². The average molecular weight is 274 g/mol. The molecule has 18 heavy (non-hydrogen) atoms. The molecule has 2 heterocycles. The van der Waals surface area contributed by atoms with Crippen LogP contribution in [0.15, 0.2) is 0 Å². The Labute approximate surface area is 114 Å². The second-order valence-electron chi connectivity index (χ2n) is 4.67. The highest BCUT2D eigenvalue weighted by atomic mass is 28.2.